The van der Waals surface area contributed by atoms with Gasteiger partial charge in [0.15, 0.2) is 0 Å². The second-order valence-corrected chi connectivity index (χ2v) is 9.49. The van der Waals surface area contributed by atoms with Crippen molar-refractivity contribution in [2.45, 2.75) is 29.5 Å². The molecule has 10 heteroatoms. The first kappa shape index (κ1) is 18.8. The summed E-state index contributed by atoms with van der Waals surface area (Å²) >= 11 is 1.06. The number of fused-ring (bicyclic) bond motifs is 1. The summed E-state index contributed by atoms with van der Waals surface area (Å²) in [4.78, 5) is 42.6. The number of benzene rings is 1. The Morgan fingerprint density at radius 2 is 1.71 bits per heavy atom. The maximum absolute atomic E-state index is 12.9. The number of hydrogen-bond donors (Lipinski definition) is 0. The molecular formula is C18H16N2O6S2. The van der Waals surface area contributed by atoms with Crippen LogP contribution in [-0.4, -0.2) is 48.2 Å². The third-order valence-corrected chi connectivity index (χ3v) is 8.00. The number of sulfonamides is 1. The molecule has 0 N–H and O–H groups in total. The summed E-state index contributed by atoms with van der Waals surface area (Å²) in [5.41, 5.74) is 0.291. The van der Waals surface area contributed by atoms with Crippen molar-refractivity contribution in [1.82, 2.24) is 9.37 Å². The van der Waals surface area contributed by atoms with Gasteiger partial charge in [0.2, 0.25) is 0 Å². The highest BCUT2D eigenvalue weighted by Crippen LogP contribution is 2.29. The summed E-state index contributed by atoms with van der Waals surface area (Å²) in [6, 6.07) is 8.15. The molecule has 1 atom stereocenters. The van der Waals surface area contributed by atoms with Gasteiger partial charge in [0, 0.05) is 6.54 Å². The quantitative estimate of drug-likeness (QED) is 0.702. The molecule has 4 rings (SSSR count). The lowest BCUT2D eigenvalue weighted by Gasteiger charge is -2.32. The molecule has 0 saturated carbocycles. The molecule has 1 aromatic carbocycles. The lowest BCUT2D eigenvalue weighted by atomic mass is 10.1. The molecule has 8 nitrogen and oxygen atoms in total. The zero-order chi connectivity index (χ0) is 19.9. The van der Waals surface area contributed by atoms with Gasteiger partial charge >= 0.3 is 5.97 Å². The average molecular weight is 420 g/mol. The van der Waals surface area contributed by atoms with Gasteiger partial charge in [0.1, 0.15) is 10.3 Å². The standard InChI is InChI=1S/C18H16N2O6S2/c21-16-12-6-1-2-7-13(12)17(22)20(16)26-18(23)14-8-3-4-10-19(14)28(24,25)15-9-5-11-27-15/h1-2,5-7,9,11,14H,3-4,8,10H2. The highest BCUT2D eigenvalue weighted by atomic mass is 32.2. The van der Waals surface area contributed by atoms with E-state index in [9.17, 15) is 22.8 Å². The van der Waals surface area contributed by atoms with Gasteiger partial charge in [0.25, 0.3) is 21.8 Å². The monoisotopic (exact) mass is 420 g/mol. The third kappa shape index (κ3) is 3.03. The van der Waals surface area contributed by atoms with Crippen LogP contribution >= 0.6 is 11.3 Å². The Kier molecular flexibility index (Phi) is 4.77. The zero-order valence-corrected chi connectivity index (χ0v) is 16.2. The Labute approximate surface area is 165 Å². The Hall–Kier alpha value is -2.56. The van der Waals surface area contributed by atoms with Crippen LogP contribution in [0.1, 0.15) is 40.0 Å². The van der Waals surface area contributed by atoms with Crippen LogP contribution in [0.2, 0.25) is 0 Å². The minimum atomic E-state index is -3.86. The van der Waals surface area contributed by atoms with E-state index in [4.69, 9.17) is 4.84 Å². The van der Waals surface area contributed by atoms with Crippen molar-refractivity contribution in [3.8, 4) is 0 Å². The number of rotatable bonds is 4. The number of amides is 2. The van der Waals surface area contributed by atoms with Gasteiger partial charge in [-0.25, -0.2) is 13.2 Å². The molecule has 0 radical (unpaired) electrons. The molecule has 2 aliphatic heterocycles. The van der Waals surface area contributed by atoms with Gasteiger partial charge in [0.05, 0.1) is 11.1 Å². The van der Waals surface area contributed by atoms with Gasteiger partial charge < -0.3 is 4.84 Å². The molecule has 1 saturated heterocycles. The van der Waals surface area contributed by atoms with Gasteiger partial charge in [-0.3, -0.25) is 9.59 Å². The predicted molar refractivity (Wildman–Crippen MR) is 98.9 cm³/mol. The van der Waals surface area contributed by atoms with E-state index in [-0.39, 0.29) is 28.3 Å². The van der Waals surface area contributed by atoms with E-state index in [0.717, 1.165) is 15.6 Å². The highest BCUT2D eigenvalue weighted by Gasteiger charge is 2.43. The highest BCUT2D eigenvalue weighted by molar-refractivity contribution is 7.91. The van der Waals surface area contributed by atoms with E-state index in [1.807, 2.05) is 0 Å². The van der Waals surface area contributed by atoms with Gasteiger partial charge in [-0.05, 0) is 42.8 Å². The van der Waals surface area contributed by atoms with Crippen molar-refractivity contribution < 1.29 is 27.6 Å². The van der Waals surface area contributed by atoms with Crippen LogP contribution in [0.15, 0.2) is 46.0 Å². The summed E-state index contributed by atoms with van der Waals surface area (Å²) in [5, 5.41) is 2.06. The van der Waals surface area contributed by atoms with Crippen molar-refractivity contribution in [1.29, 1.82) is 0 Å². The van der Waals surface area contributed by atoms with E-state index < -0.39 is 33.8 Å². The molecule has 1 aromatic heterocycles. The summed E-state index contributed by atoms with van der Waals surface area (Å²) < 4.78 is 27.0. The molecule has 28 heavy (non-hydrogen) atoms. The van der Waals surface area contributed by atoms with E-state index in [0.29, 0.717) is 17.9 Å². The fraction of sp³-hybridized carbons (Fsp3) is 0.278. The van der Waals surface area contributed by atoms with Crippen LogP contribution in [0, 0.1) is 0 Å². The largest absolute Gasteiger partial charge is 0.351 e. The molecule has 0 aliphatic carbocycles. The summed E-state index contributed by atoms with van der Waals surface area (Å²) in [5.74, 6) is -2.41. The fourth-order valence-corrected chi connectivity index (χ4v) is 6.12. The van der Waals surface area contributed by atoms with Crippen LogP contribution in [-0.2, 0) is 19.7 Å². The lowest BCUT2D eigenvalue weighted by Crippen LogP contribution is -2.50. The Morgan fingerprint density at radius 1 is 1.04 bits per heavy atom. The smallest absolute Gasteiger partial charge is 0.328 e. The van der Waals surface area contributed by atoms with E-state index in [1.165, 1.54) is 18.2 Å². The van der Waals surface area contributed by atoms with Crippen molar-refractivity contribution >= 4 is 39.1 Å². The van der Waals surface area contributed by atoms with E-state index in [1.54, 1.807) is 23.6 Å². The second-order valence-electron chi connectivity index (χ2n) is 6.42. The predicted octanol–water partition coefficient (Wildman–Crippen LogP) is 2.05. The van der Waals surface area contributed by atoms with Crippen LogP contribution in [0.25, 0.3) is 0 Å². The van der Waals surface area contributed by atoms with Crippen LogP contribution in [0.4, 0.5) is 0 Å². The Morgan fingerprint density at radius 3 is 2.32 bits per heavy atom. The van der Waals surface area contributed by atoms with Gasteiger partial charge in [-0.15, -0.1) is 11.3 Å². The second kappa shape index (κ2) is 7.12. The normalized spacial score (nSPS) is 20.3. The third-order valence-electron chi connectivity index (χ3n) is 4.72. The number of carbonyl (C=O) groups is 3. The number of imide groups is 1. The molecule has 0 bridgehead atoms. The number of hydroxylamine groups is 2. The maximum Gasteiger partial charge on any atom is 0.351 e. The minimum absolute atomic E-state index is 0.132. The molecule has 2 aliphatic rings. The Balaban J connectivity index is 1.57. The van der Waals surface area contributed by atoms with E-state index in [2.05, 4.69) is 0 Å². The molecule has 2 aromatic rings. The Bertz CT molecular complexity index is 1010. The molecule has 3 heterocycles. The van der Waals surface area contributed by atoms with Crippen LogP contribution in [0.5, 0.6) is 0 Å². The summed E-state index contributed by atoms with van der Waals surface area (Å²) in [6.07, 6.45) is 1.51. The first-order chi connectivity index (χ1) is 13.4. The van der Waals surface area contributed by atoms with Crippen LogP contribution in [0.3, 0.4) is 0 Å². The molecule has 146 valence electrons. The van der Waals surface area contributed by atoms with Crippen molar-refractivity contribution in [2.75, 3.05) is 6.54 Å². The molecule has 1 unspecified atom stereocenters. The molecule has 2 amide bonds. The fourth-order valence-electron chi connectivity index (χ4n) is 3.35. The topological polar surface area (TPSA) is 101 Å². The minimum Gasteiger partial charge on any atom is -0.328 e. The molecular weight excluding hydrogens is 404 g/mol. The van der Waals surface area contributed by atoms with Crippen molar-refractivity contribution in [3.63, 3.8) is 0 Å². The molecule has 1 fully saturated rings. The number of thiophene rings is 1. The van der Waals surface area contributed by atoms with Crippen molar-refractivity contribution in [2.24, 2.45) is 0 Å². The van der Waals surface area contributed by atoms with Crippen molar-refractivity contribution in [3.05, 3.63) is 52.9 Å². The van der Waals surface area contributed by atoms with E-state index >= 15 is 0 Å². The first-order valence-corrected chi connectivity index (χ1v) is 11.0. The zero-order valence-electron chi connectivity index (χ0n) is 14.6. The summed E-state index contributed by atoms with van der Waals surface area (Å²) in [6.45, 7) is 0.169. The SMILES string of the molecule is O=C(ON1C(=O)c2ccccc2C1=O)C1CCCCN1S(=O)(=O)c1cccs1. The average Bonchev–Trinajstić information content (AvgIpc) is 3.33. The number of hydrogen-bond acceptors (Lipinski definition) is 7. The first-order valence-electron chi connectivity index (χ1n) is 8.66. The van der Waals surface area contributed by atoms with Gasteiger partial charge in [-0.2, -0.15) is 4.31 Å². The molecule has 0 spiro atoms. The van der Waals surface area contributed by atoms with Crippen LogP contribution < -0.4 is 0 Å². The maximum atomic E-state index is 12.9. The lowest BCUT2D eigenvalue weighted by molar-refractivity contribution is -0.174. The summed E-state index contributed by atoms with van der Waals surface area (Å²) in [7, 11) is -3.86. The number of piperidine rings is 1. The number of carbonyl (C=O) groups excluding carboxylic acids is 3. The van der Waals surface area contributed by atoms with Gasteiger partial charge in [-0.1, -0.05) is 23.3 Å². The number of nitrogens with zero attached hydrogens (tertiary/aromatic N) is 2.